The Labute approximate surface area is 115 Å². The van der Waals surface area contributed by atoms with Crippen LogP contribution in [0, 0.1) is 11.8 Å². The van der Waals surface area contributed by atoms with Gasteiger partial charge in [-0.25, -0.2) is 0 Å². The highest BCUT2D eigenvalue weighted by Crippen LogP contribution is 2.31. The van der Waals surface area contributed by atoms with E-state index in [2.05, 4.69) is 51.9 Å². The van der Waals surface area contributed by atoms with E-state index in [1.807, 2.05) is 0 Å². The van der Waals surface area contributed by atoms with Crippen molar-refractivity contribution in [1.29, 1.82) is 0 Å². The van der Waals surface area contributed by atoms with Crippen LogP contribution in [0.1, 0.15) is 60.3 Å². The first-order valence-electron chi connectivity index (χ1n) is 7.85. The first kappa shape index (κ1) is 16.0. The SMILES string of the molecule is CCNC1CCC(C)CC1CN(C)C(C)(C)CC. The smallest absolute Gasteiger partial charge is 0.0147 e. The molecule has 18 heavy (non-hydrogen) atoms. The van der Waals surface area contributed by atoms with Gasteiger partial charge < -0.3 is 10.2 Å². The van der Waals surface area contributed by atoms with Crippen LogP contribution in [-0.4, -0.2) is 36.6 Å². The molecule has 0 heterocycles. The summed E-state index contributed by atoms with van der Waals surface area (Å²) in [5, 5.41) is 3.70. The molecule has 0 aromatic carbocycles. The second-order valence-electron chi connectivity index (χ2n) is 6.89. The van der Waals surface area contributed by atoms with Crippen LogP contribution >= 0.6 is 0 Å². The molecule has 1 N–H and O–H groups in total. The minimum Gasteiger partial charge on any atom is -0.314 e. The Morgan fingerprint density at radius 2 is 1.89 bits per heavy atom. The van der Waals surface area contributed by atoms with E-state index >= 15 is 0 Å². The molecule has 3 unspecified atom stereocenters. The van der Waals surface area contributed by atoms with Crippen molar-refractivity contribution in [2.75, 3.05) is 20.1 Å². The molecule has 1 fully saturated rings. The van der Waals surface area contributed by atoms with Crippen molar-refractivity contribution in [1.82, 2.24) is 10.2 Å². The highest BCUT2D eigenvalue weighted by molar-refractivity contribution is 4.88. The van der Waals surface area contributed by atoms with Crippen LogP contribution in [0.4, 0.5) is 0 Å². The number of rotatable bonds is 6. The third-order valence-electron chi connectivity index (χ3n) is 5.12. The first-order valence-corrected chi connectivity index (χ1v) is 7.85. The second-order valence-corrected chi connectivity index (χ2v) is 6.89. The Hall–Kier alpha value is -0.0800. The van der Waals surface area contributed by atoms with E-state index in [9.17, 15) is 0 Å². The van der Waals surface area contributed by atoms with Gasteiger partial charge in [0.05, 0.1) is 0 Å². The zero-order valence-electron chi connectivity index (χ0n) is 13.4. The highest BCUT2D eigenvalue weighted by atomic mass is 15.2. The lowest BCUT2D eigenvalue weighted by molar-refractivity contribution is 0.0907. The van der Waals surface area contributed by atoms with Crippen LogP contribution in [0.25, 0.3) is 0 Å². The molecule has 2 heteroatoms. The van der Waals surface area contributed by atoms with Crippen molar-refractivity contribution in [3.8, 4) is 0 Å². The molecule has 0 amide bonds. The molecule has 0 saturated heterocycles. The van der Waals surface area contributed by atoms with Gasteiger partial charge in [-0.15, -0.1) is 0 Å². The molecule has 2 nitrogen and oxygen atoms in total. The molecule has 1 aliphatic rings. The predicted molar refractivity (Wildman–Crippen MR) is 81.0 cm³/mol. The summed E-state index contributed by atoms with van der Waals surface area (Å²) in [6, 6.07) is 0.737. The molecular formula is C16H34N2. The summed E-state index contributed by atoms with van der Waals surface area (Å²) < 4.78 is 0. The van der Waals surface area contributed by atoms with E-state index < -0.39 is 0 Å². The monoisotopic (exact) mass is 254 g/mol. The Morgan fingerprint density at radius 3 is 2.44 bits per heavy atom. The Balaban J connectivity index is 2.60. The van der Waals surface area contributed by atoms with Crippen LogP contribution in [0.3, 0.4) is 0 Å². The van der Waals surface area contributed by atoms with Crippen LogP contribution < -0.4 is 5.32 Å². The Morgan fingerprint density at radius 1 is 1.22 bits per heavy atom. The maximum absolute atomic E-state index is 3.70. The molecule has 0 aliphatic heterocycles. The normalized spacial score (nSPS) is 29.8. The number of nitrogens with zero attached hydrogens (tertiary/aromatic N) is 1. The summed E-state index contributed by atoms with van der Waals surface area (Å²) in [7, 11) is 2.30. The molecular weight excluding hydrogens is 220 g/mol. The Bertz CT molecular complexity index is 237. The summed E-state index contributed by atoms with van der Waals surface area (Å²) in [6.07, 6.45) is 5.37. The van der Waals surface area contributed by atoms with Crippen molar-refractivity contribution >= 4 is 0 Å². The van der Waals surface area contributed by atoms with Gasteiger partial charge in [-0.2, -0.15) is 0 Å². The minimum absolute atomic E-state index is 0.331. The molecule has 0 bridgehead atoms. The summed E-state index contributed by atoms with van der Waals surface area (Å²) >= 11 is 0. The molecule has 3 atom stereocenters. The Kier molecular flexibility index (Phi) is 6.13. The van der Waals surface area contributed by atoms with Gasteiger partial charge in [0.15, 0.2) is 0 Å². The average molecular weight is 254 g/mol. The fraction of sp³-hybridized carbons (Fsp3) is 1.00. The molecule has 0 radical (unpaired) electrons. The van der Waals surface area contributed by atoms with Gasteiger partial charge in [-0.3, -0.25) is 0 Å². The van der Waals surface area contributed by atoms with E-state index in [0.717, 1.165) is 24.4 Å². The molecule has 0 spiro atoms. The van der Waals surface area contributed by atoms with Gasteiger partial charge in [0.1, 0.15) is 0 Å². The summed E-state index contributed by atoms with van der Waals surface area (Å²) in [5.74, 6) is 1.73. The standard InChI is InChI=1S/C16H34N2/c1-7-16(4,5)18(6)12-14-11-13(3)9-10-15(14)17-8-2/h13-15,17H,7-12H2,1-6H3. The molecule has 0 aromatic rings. The van der Waals surface area contributed by atoms with Crippen LogP contribution in [0.15, 0.2) is 0 Å². The largest absolute Gasteiger partial charge is 0.314 e. The van der Waals surface area contributed by atoms with E-state index in [4.69, 9.17) is 0 Å². The lowest BCUT2D eigenvalue weighted by Crippen LogP contribution is -2.49. The summed E-state index contributed by atoms with van der Waals surface area (Å²) in [4.78, 5) is 2.57. The van der Waals surface area contributed by atoms with Crippen molar-refractivity contribution in [3.63, 3.8) is 0 Å². The van der Waals surface area contributed by atoms with Crippen molar-refractivity contribution in [3.05, 3.63) is 0 Å². The summed E-state index contributed by atoms with van der Waals surface area (Å²) in [5.41, 5.74) is 0.331. The van der Waals surface area contributed by atoms with Gasteiger partial charge in [-0.05, 0) is 65.0 Å². The van der Waals surface area contributed by atoms with Crippen LogP contribution in [-0.2, 0) is 0 Å². The molecule has 0 aromatic heterocycles. The lowest BCUT2D eigenvalue weighted by atomic mass is 9.78. The lowest BCUT2D eigenvalue weighted by Gasteiger charge is -2.42. The maximum atomic E-state index is 3.70. The quantitative estimate of drug-likeness (QED) is 0.780. The van der Waals surface area contributed by atoms with E-state index in [-0.39, 0.29) is 0 Å². The number of hydrogen-bond donors (Lipinski definition) is 1. The van der Waals surface area contributed by atoms with E-state index in [1.165, 1.54) is 32.2 Å². The molecule has 1 aliphatic carbocycles. The number of nitrogens with one attached hydrogen (secondary N) is 1. The minimum atomic E-state index is 0.331. The van der Waals surface area contributed by atoms with Gasteiger partial charge in [0, 0.05) is 18.1 Å². The van der Waals surface area contributed by atoms with Crippen LogP contribution in [0.2, 0.25) is 0 Å². The summed E-state index contributed by atoms with van der Waals surface area (Å²) in [6.45, 7) is 14.0. The van der Waals surface area contributed by atoms with Crippen molar-refractivity contribution in [2.45, 2.75) is 71.9 Å². The fourth-order valence-electron chi connectivity index (χ4n) is 3.10. The van der Waals surface area contributed by atoms with Crippen LogP contribution in [0.5, 0.6) is 0 Å². The van der Waals surface area contributed by atoms with Gasteiger partial charge >= 0.3 is 0 Å². The predicted octanol–water partition coefficient (Wildman–Crippen LogP) is 3.52. The fourth-order valence-corrected chi connectivity index (χ4v) is 3.10. The maximum Gasteiger partial charge on any atom is 0.0147 e. The first-order chi connectivity index (χ1) is 8.40. The third kappa shape index (κ3) is 4.24. The van der Waals surface area contributed by atoms with E-state index in [1.54, 1.807) is 0 Å². The number of hydrogen-bond acceptors (Lipinski definition) is 2. The average Bonchev–Trinajstić information content (AvgIpc) is 2.32. The zero-order chi connectivity index (χ0) is 13.8. The third-order valence-corrected chi connectivity index (χ3v) is 5.12. The van der Waals surface area contributed by atoms with Gasteiger partial charge in [0.25, 0.3) is 0 Å². The van der Waals surface area contributed by atoms with Crippen molar-refractivity contribution < 1.29 is 0 Å². The second kappa shape index (κ2) is 6.91. The molecule has 1 saturated carbocycles. The molecule has 1 rings (SSSR count). The highest BCUT2D eigenvalue weighted by Gasteiger charge is 2.31. The van der Waals surface area contributed by atoms with E-state index in [0.29, 0.717) is 5.54 Å². The van der Waals surface area contributed by atoms with Gasteiger partial charge in [0.2, 0.25) is 0 Å². The van der Waals surface area contributed by atoms with Gasteiger partial charge in [-0.1, -0.05) is 20.8 Å². The van der Waals surface area contributed by atoms with Crippen molar-refractivity contribution in [2.24, 2.45) is 11.8 Å². The topological polar surface area (TPSA) is 15.3 Å². The zero-order valence-corrected chi connectivity index (χ0v) is 13.4. The molecule has 108 valence electrons.